The van der Waals surface area contributed by atoms with Crippen molar-refractivity contribution in [3.63, 3.8) is 0 Å². The molecule has 7 nitrogen and oxygen atoms in total. The van der Waals surface area contributed by atoms with Crippen LogP contribution in [0.4, 0.5) is 0 Å². The average Bonchev–Trinajstić information content (AvgIpc) is 2.46. The third-order valence-corrected chi connectivity index (χ3v) is 2.90. The molecule has 2 rings (SSSR count). The maximum absolute atomic E-state index is 11.7. The lowest BCUT2D eigenvalue weighted by molar-refractivity contribution is 0.187. The lowest BCUT2D eigenvalue weighted by Crippen LogP contribution is -2.28. The van der Waals surface area contributed by atoms with E-state index in [4.69, 9.17) is 14.6 Å². The van der Waals surface area contributed by atoms with Crippen molar-refractivity contribution in [3.05, 3.63) is 28.8 Å². The van der Waals surface area contributed by atoms with Gasteiger partial charge in [0.15, 0.2) is 11.5 Å². The highest BCUT2D eigenvalue weighted by atomic mass is 16.5. The standard InChI is InChI=1S/C14H19N3O4/c1-9(18)7-15-3-4-21-13-5-10-11(6-12(13)20-2)16-8-17-14(10)19/h5-6,8-9,15,18H,3-4,7H2,1-2H3,(H,16,17,19). The quantitative estimate of drug-likeness (QED) is 0.635. The van der Waals surface area contributed by atoms with Crippen molar-refractivity contribution in [2.75, 3.05) is 26.8 Å². The molecular weight excluding hydrogens is 274 g/mol. The summed E-state index contributed by atoms with van der Waals surface area (Å²) in [4.78, 5) is 18.4. The molecule has 0 bridgehead atoms. The molecule has 1 heterocycles. The highest BCUT2D eigenvalue weighted by Crippen LogP contribution is 2.30. The van der Waals surface area contributed by atoms with Gasteiger partial charge in [0.05, 0.1) is 30.4 Å². The zero-order chi connectivity index (χ0) is 15.2. The van der Waals surface area contributed by atoms with E-state index in [1.165, 1.54) is 13.4 Å². The van der Waals surface area contributed by atoms with Crippen LogP contribution in [-0.2, 0) is 0 Å². The molecule has 0 saturated carbocycles. The number of ether oxygens (including phenoxy) is 2. The summed E-state index contributed by atoms with van der Waals surface area (Å²) in [5, 5.41) is 12.6. The Bertz CT molecular complexity index is 654. The Kier molecular flexibility index (Phi) is 5.13. The number of H-pyrrole nitrogens is 1. The van der Waals surface area contributed by atoms with Gasteiger partial charge >= 0.3 is 0 Å². The van der Waals surface area contributed by atoms with Crippen LogP contribution in [0.15, 0.2) is 23.3 Å². The fourth-order valence-corrected chi connectivity index (χ4v) is 1.89. The third kappa shape index (κ3) is 3.93. The monoisotopic (exact) mass is 293 g/mol. The summed E-state index contributed by atoms with van der Waals surface area (Å²) >= 11 is 0. The second-order valence-electron chi connectivity index (χ2n) is 4.65. The van der Waals surface area contributed by atoms with Crippen molar-refractivity contribution in [1.29, 1.82) is 0 Å². The number of rotatable bonds is 7. The van der Waals surface area contributed by atoms with Crippen LogP contribution < -0.4 is 20.3 Å². The molecule has 0 radical (unpaired) electrons. The number of nitrogens with zero attached hydrogens (tertiary/aromatic N) is 1. The summed E-state index contributed by atoms with van der Waals surface area (Å²) in [7, 11) is 1.53. The second kappa shape index (κ2) is 7.05. The van der Waals surface area contributed by atoms with Gasteiger partial charge in [0.25, 0.3) is 5.56 Å². The minimum absolute atomic E-state index is 0.222. The second-order valence-corrected chi connectivity index (χ2v) is 4.65. The molecule has 3 N–H and O–H groups in total. The number of nitrogens with one attached hydrogen (secondary N) is 2. The smallest absolute Gasteiger partial charge is 0.258 e. The Balaban J connectivity index is 2.11. The number of aliphatic hydroxyl groups excluding tert-OH is 1. The van der Waals surface area contributed by atoms with E-state index in [2.05, 4.69) is 15.3 Å². The Morgan fingerprint density at radius 3 is 2.95 bits per heavy atom. The molecule has 1 aromatic heterocycles. The van der Waals surface area contributed by atoms with Crippen LogP contribution >= 0.6 is 0 Å². The lowest BCUT2D eigenvalue weighted by Gasteiger charge is -2.12. The number of hydrogen-bond donors (Lipinski definition) is 3. The van der Waals surface area contributed by atoms with Crippen LogP contribution in [0.2, 0.25) is 0 Å². The SMILES string of the molecule is COc1cc2nc[nH]c(=O)c2cc1OCCNCC(C)O. The Morgan fingerprint density at radius 1 is 1.43 bits per heavy atom. The minimum Gasteiger partial charge on any atom is -0.493 e. The van der Waals surface area contributed by atoms with E-state index in [1.54, 1.807) is 19.1 Å². The molecule has 1 unspecified atom stereocenters. The molecule has 0 aliphatic heterocycles. The molecule has 2 aromatic rings. The van der Waals surface area contributed by atoms with Crippen molar-refractivity contribution in [1.82, 2.24) is 15.3 Å². The number of aromatic nitrogens is 2. The maximum Gasteiger partial charge on any atom is 0.258 e. The topological polar surface area (TPSA) is 96.5 Å². The van der Waals surface area contributed by atoms with E-state index >= 15 is 0 Å². The maximum atomic E-state index is 11.7. The van der Waals surface area contributed by atoms with E-state index in [-0.39, 0.29) is 5.56 Å². The molecule has 0 amide bonds. The zero-order valence-corrected chi connectivity index (χ0v) is 12.0. The molecule has 114 valence electrons. The molecule has 0 spiro atoms. The van der Waals surface area contributed by atoms with Gasteiger partial charge in [-0.3, -0.25) is 4.79 Å². The summed E-state index contributed by atoms with van der Waals surface area (Å²) in [5.41, 5.74) is 0.329. The minimum atomic E-state index is -0.398. The van der Waals surface area contributed by atoms with Crippen molar-refractivity contribution >= 4 is 10.9 Å². The van der Waals surface area contributed by atoms with Gasteiger partial charge < -0.3 is 24.9 Å². The lowest BCUT2D eigenvalue weighted by atomic mass is 10.2. The molecule has 0 aliphatic rings. The van der Waals surface area contributed by atoms with Gasteiger partial charge in [-0.1, -0.05) is 0 Å². The predicted molar refractivity (Wildman–Crippen MR) is 79.0 cm³/mol. The van der Waals surface area contributed by atoms with Crippen LogP contribution in [0.1, 0.15) is 6.92 Å². The van der Waals surface area contributed by atoms with Crippen LogP contribution in [0.5, 0.6) is 11.5 Å². The summed E-state index contributed by atoms with van der Waals surface area (Å²) in [6.07, 6.45) is 0.954. The van der Waals surface area contributed by atoms with E-state index < -0.39 is 6.10 Å². The Morgan fingerprint density at radius 2 is 2.24 bits per heavy atom. The molecular formula is C14H19N3O4. The summed E-state index contributed by atoms with van der Waals surface area (Å²) in [5.74, 6) is 1.01. The van der Waals surface area contributed by atoms with E-state index in [9.17, 15) is 4.79 Å². The molecule has 0 saturated heterocycles. The van der Waals surface area contributed by atoms with Gasteiger partial charge in [-0.15, -0.1) is 0 Å². The van der Waals surface area contributed by atoms with Gasteiger partial charge in [0, 0.05) is 19.2 Å². The third-order valence-electron chi connectivity index (χ3n) is 2.90. The van der Waals surface area contributed by atoms with Crippen molar-refractivity contribution in [3.8, 4) is 11.5 Å². The first kappa shape index (κ1) is 15.3. The number of fused-ring (bicyclic) bond motifs is 1. The first-order valence-corrected chi connectivity index (χ1v) is 6.69. The zero-order valence-electron chi connectivity index (χ0n) is 12.0. The first-order chi connectivity index (χ1) is 10.1. The Hall–Kier alpha value is -2.12. The summed E-state index contributed by atoms with van der Waals surface area (Å²) in [6.45, 7) is 3.18. The molecule has 7 heteroatoms. The van der Waals surface area contributed by atoms with Gasteiger partial charge in [-0.25, -0.2) is 4.98 Å². The first-order valence-electron chi connectivity index (χ1n) is 6.69. The van der Waals surface area contributed by atoms with Crippen LogP contribution in [0.25, 0.3) is 10.9 Å². The number of methoxy groups -OCH3 is 1. The molecule has 1 atom stereocenters. The van der Waals surface area contributed by atoms with Crippen molar-refractivity contribution in [2.24, 2.45) is 0 Å². The van der Waals surface area contributed by atoms with Gasteiger partial charge in [-0.2, -0.15) is 0 Å². The number of aliphatic hydroxyl groups is 1. The summed E-state index contributed by atoms with van der Waals surface area (Å²) in [6, 6.07) is 3.29. The number of hydrogen-bond acceptors (Lipinski definition) is 6. The average molecular weight is 293 g/mol. The predicted octanol–water partition coefficient (Wildman–Crippen LogP) is 0.281. The fourth-order valence-electron chi connectivity index (χ4n) is 1.89. The molecule has 0 aliphatic carbocycles. The van der Waals surface area contributed by atoms with Crippen molar-refractivity contribution in [2.45, 2.75) is 13.0 Å². The number of aromatic amines is 1. The number of benzene rings is 1. The highest BCUT2D eigenvalue weighted by molar-refractivity contribution is 5.81. The highest BCUT2D eigenvalue weighted by Gasteiger charge is 2.09. The largest absolute Gasteiger partial charge is 0.493 e. The van der Waals surface area contributed by atoms with Crippen LogP contribution in [0.3, 0.4) is 0 Å². The fraction of sp³-hybridized carbons (Fsp3) is 0.429. The normalized spacial score (nSPS) is 12.3. The van der Waals surface area contributed by atoms with Crippen molar-refractivity contribution < 1.29 is 14.6 Å². The van der Waals surface area contributed by atoms with E-state index in [0.29, 0.717) is 42.1 Å². The van der Waals surface area contributed by atoms with E-state index in [0.717, 1.165) is 0 Å². The van der Waals surface area contributed by atoms with E-state index in [1.807, 2.05) is 0 Å². The molecule has 0 fully saturated rings. The van der Waals surface area contributed by atoms with Crippen LogP contribution in [0, 0.1) is 0 Å². The Labute approximate surface area is 121 Å². The summed E-state index contributed by atoms with van der Waals surface area (Å²) < 4.78 is 10.9. The van der Waals surface area contributed by atoms with Gasteiger partial charge in [-0.05, 0) is 13.0 Å². The van der Waals surface area contributed by atoms with Crippen LogP contribution in [-0.4, -0.2) is 48.0 Å². The van der Waals surface area contributed by atoms with Gasteiger partial charge in [0.1, 0.15) is 6.61 Å². The molecule has 21 heavy (non-hydrogen) atoms. The van der Waals surface area contributed by atoms with Gasteiger partial charge in [0.2, 0.25) is 0 Å². The molecule has 1 aromatic carbocycles.